The van der Waals surface area contributed by atoms with Crippen molar-refractivity contribution >= 4 is 17.3 Å². The first-order valence-electron chi connectivity index (χ1n) is 6.95. The second kappa shape index (κ2) is 4.76. The van der Waals surface area contributed by atoms with E-state index >= 15 is 0 Å². The lowest BCUT2D eigenvalue weighted by Crippen LogP contribution is -2.19. The van der Waals surface area contributed by atoms with Crippen LogP contribution in [0.4, 0.5) is 11.4 Å². The SMILES string of the molecule is Nc1cc(N)cc(C(=O)OCC2CC3CCC2C3)c1. The molecule has 0 spiro atoms. The number of nitrogens with two attached hydrogens (primary N) is 2. The van der Waals surface area contributed by atoms with Crippen LogP contribution in [-0.2, 0) is 4.74 Å². The number of hydrogen-bond donors (Lipinski definition) is 2. The quantitative estimate of drug-likeness (QED) is 0.646. The van der Waals surface area contributed by atoms with E-state index in [1.807, 2.05) is 0 Å². The van der Waals surface area contributed by atoms with Crippen molar-refractivity contribution < 1.29 is 9.53 Å². The first kappa shape index (κ1) is 12.3. The number of benzene rings is 1. The first-order valence-corrected chi connectivity index (χ1v) is 6.95. The van der Waals surface area contributed by atoms with Crippen molar-refractivity contribution in [1.82, 2.24) is 0 Å². The monoisotopic (exact) mass is 260 g/mol. The van der Waals surface area contributed by atoms with Crippen molar-refractivity contribution in [2.24, 2.45) is 17.8 Å². The molecule has 2 aliphatic rings. The average molecular weight is 260 g/mol. The van der Waals surface area contributed by atoms with Crippen LogP contribution in [0.25, 0.3) is 0 Å². The Bertz CT molecular complexity index is 481. The van der Waals surface area contributed by atoms with Crippen LogP contribution in [-0.4, -0.2) is 12.6 Å². The Labute approximate surface area is 113 Å². The topological polar surface area (TPSA) is 78.3 Å². The fourth-order valence-corrected chi connectivity index (χ4v) is 3.64. The van der Waals surface area contributed by atoms with Crippen LogP contribution in [0, 0.1) is 17.8 Å². The number of carbonyl (C=O) groups excluding carboxylic acids is 1. The minimum atomic E-state index is -0.318. The highest BCUT2D eigenvalue weighted by molar-refractivity contribution is 5.91. The Morgan fingerprint density at radius 3 is 2.47 bits per heavy atom. The lowest BCUT2D eigenvalue weighted by atomic mass is 9.89. The van der Waals surface area contributed by atoms with Crippen molar-refractivity contribution in [3.63, 3.8) is 0 Å². The highest BCUT2D eigenvalue weighted by Crippen LogP contribution is 2.48. The molecule has 4 heteroatoms. The molecule has 0 radical (unpaired) electrons. The summed E-state index contributed by atoms with van der Waals surface area (Å²) in [6.07, 6.45) is 5.21. The molecule has 0 aliphatic heterocycles. The molecule has 1 aromatic rings. The van der Waals surface area contributed by atoms with Crippen LogP contribution in [0.1, 0.15) is 36.0 Å². The van der Waals surface area contributed by atoms with Gasteiger partial charge in [0.25, 0.3) is 0 Å². The number of hydrogen-bond acceptors (Lipinski definition) is 4. The molecule has 3 rings (SSSR count). The van der Waals surface area contributed by atoms with Gasteiger partial charge in [0.05, 0.1) is 12.2 Å². The molecule has 0 heterocycles. The smallest absolute Gasteiger partial charge is 0.338 e. The van der Waals surface area contributed by atoms with E-state index in [1.165, 1.54) is 25.7 Å². The van der Waals surface area contributed by atoms with Gasteiger partial charge in [-0.25, -0.2) is 4.79 Å². The number of ether oxygens (including phenoxy) is 1. The maximum absolute atomic E-state index is 12.0. The number of anilines is 2. The van der Waals surface area contributed by atoms with Crippen LogP contribution >= 0.6 is 0 Å². The third kappa shape index (κ3) is 2.53. The lowest BCUT2D eigenvalue weighted by Gasteiger charge is -2.21. The zero-order chi connectivity index (χ0) is 13.4. The van der Waals surface area contributed by atoms with E-state index in [0.29, 0.717) is 29.5 Å². The van der Waals surface area contributed by atoms with E-state index in [0.717, 1.165) is 11.8 Å². The zero-order valence-corrected chi connectivity index (χ0v) is 11.0. The van der Waals surface area contributed by atoms with Gasteiger partial charge in [-0.05, 0) is 55.2 Å². The fourth-order valence-electron chi connectivity index (χ4n) is 3.64. The second-order valence-corrected chi connectivity index (χ2v) is 5.92. The first-order chi connectivity index (χ1) is 9.11. The third-order valence-electron chi connectivity index (χ3n) is 4.53. The predicted molar refractivity (Wildman–Crippen MR) is 74.5 cm³/mol. The van der Waals surface area contributed by atoms with Crippen molar-refractivity contribution in [2.45, 2.75) is 25.7 Å². The molecule has 4 nitrogen and oxygen atoms in total. The van der Waals surface area contributed by atoms with Crippen LogP contribution in [0.2, 0.25) is 0 Å². The van der Waals surface area contributed by atoms with Gasteiger partial charge in [0.1, 0.15) is 0 Å². The number of nitrogen functional groups attached to an aromatic ring is 2. The molecule has 2 aliphatic carbocycles. The van der Waals surface area contributed by atoms with E-state index in [4.69, 9.17) is 16.2 Å². The lowest BCUT2D eigenvalue weighted by molar-refractivity contribution is 0.0394. The zero-order valence-electron chi connectivity index (χ0n) is 11.0. The van der Waals surface area contributed by atoms with Gasteiger partial charge in [-0.3, -0.25) is 0 Å². The van der Waals surface area contributed by atoms with Gasteiger partial charge >= 0.3 is 5.97 Å². The van der Waals surface area contributed by atoms with Crippen LogP contribution < -0.4 is 11.5 Å². The summed E-state index contributed by atoms with van der Waals surface area (Å²) in [5.74, 6) is 1.88. The predicted octanol–water partition coefficient (Wildman–Crippen LogP) is 2.44. The van der Waals surface area contributed by atoms with E-state index in [9.17, 15) is 4.79 Å². The summed E-state index contributed by atoms with van der Waals surface area (Å²) in [5, 5.41) is 0. The van der Waals surface area contributed by atoms with Gasteiger partial charge in [0.2, 0.25) is 0 Å². The summed E-state index contributed by atoms with van der Waals surface area (Å²) in [6, 6.07) is 4.85. The van der Waals surface area contributed by atoms with E-state index in [2.05, 4.69) is 0 Å². The van der Waals surface area contributed by atoms with Gasteiger partial charge in [-0.2, -0.15) is 0 Å². The Kier molecular flexibility index (Phi) is 3.09. The summed E-state index contributed by atoms with van der Waals surface area (Å²) in [6.45, 7) is 0.536. The number of fused-ring (bicyclic) bond motifs is 2. The standard InChI is InChI=1S/C15H20N2O2/c16-13-5-11(6-14(17)7-13)15(18)19-8-12-4-9-1-2-10(12)3-9/h5-7,9-10,12H,1-4,8,16-17H2. The number of rotatable bonds is 3. The highest BCUT2D eigenvalue weighted by atomic mass is 16.5. The van der Waals surface area contributed by atoms with Crippen molar-refractivity contribution in [2.75, 3.05) is 18.1 Å². The molecular weight excluding hydrogens is 240 g/mol. The third-order valence-corrected chi connectivity index (χ3v) is 4.53. The van der Waals surface area contributed by atoms with Crippen LogP contribution in [0.5, 0.6) is 0 Å². The minimum absolute atomic E-state index is 0.318. The summed E-state index contributed by atoms with van der Waals surface area (Å²) in [7, 11) is 0. The highest BCUT2D eigenvalue weighted by Gasteiger charge is 2.39. The van der Waals surface area contributed by atoms with Crippen LogP contribution in [0.3, 0.4) is 0 Å². The molecule has 1 aromatic carbocycles. The van der Waals surface area contributed by atoms with Crippen LogP contribution in [0.15, 0.2) is 18.2 Å². The van der Waals surface area contributed by atoms with Gasteiger partial charge in [0, 0.05) is 11.4 Å². The fraction of sp³-hybridized carbons (Fsp3) is 0.533. The normalized spacial score (nSPS) is 28.5. The molecule has 19 heavy (non-hydrogen) atoms. The molecule has 4 N–H and O–H groups in total. The Hall–Kier alpha value is -1.71. The molecule has 0 amide bonds. The number of esters is 1. The van der Waals surface area contributed by atoms with Gasteiger partial charge < -0.3 is 16.2 Å². The van der Waals surface area contributed by atoms with E-state index < -0.39 is 0 Å². The minimum Gasteiger partial charge on any atom is -0.462 e. The Morgan fingerprint density at radius 1 is 1.16 bits per heavy atom. The van der Waals surface area contributed by atoms with E-state index in [-0.39, 0.29) is 5.97 Å². The molecule has 102 valence electrons. The molecular formula is C15H20N2O2. The van der Waals surface area contributed by atoms with Gasteiger partial charge in [-0.15, -0.1) is 0 Å². The molecule has 2 fully saturated rings. The molecule has 3 unspecified atom stereocenters. The average Bonchev–Trinajstić information content (AvgIpc) is 2.96. The van der Waals surface area contributed by atoms with Gasteiger partial charge in [-0.1, -0.05) is 6.42 Å². The van der Waals surface area contributed by atoms with E-state index in [1.54, 1.807) is 18.2 Å². The largest absolute Gasteiger partial charge is 0.462 e. The molecule has 0 aromatic heterocycles. The summed E-state index contributed by atoms with van der Waals surface area (Å²) in [5.41, 5.74) is 12.8. The van der Waals surface area contributed by atoms with Crippen molar-refractivity contribution in [3.8, 4) is 0 Å². The van der Waals surface area contributed by atoms with Crippen molar-refractivity contribution in [1.29, 1.82) is 0 Å². The second-order valence-electron chi connectivity index (χ2n) is 5.92. The molecule has 3 atom stereocenters. The molecule has 2 saturated carbocycles. The summed E-state index contributed by atoms with van der Waals surface area (Å²) in [4.78, 5) is 12.0. The maximum atomic E-state index is 12.0. The van der Waals surface area contributed by atoms with Crippen molar-refractivity contribution in [3.05, 3.63) is 23.8 Å². The number of carbonyl (C=O) groups is 1. The summed E-state index contributed by atoms with van der Waals surface area (Å²) < 4.78 is 5.42. The summed E-state index contributed by atoms with van der Waals surface area (Å²) >= 11 is 0. The molecule has 0 saturated heterocycles. The van der Waals surface area contributed by atoms with Gasteiger partial charge in [0.15, 0.2) is 0 Å². The maximum Gasteiger partial charge on any atom is 0.338 e. The Morgan fingerprint density at radius 2 is 1.89 bits per heavy atom. The Balaban J connectivity index is 1.59. The molecule has 2 bridgehead atoms.